The van der Waals surface area contributed by atoms with Crippen molar-refractivity contribution in [3.8, 4) is 0 Å². The van der Waals surface area contributed by atoms with E-state index in [0.717, 1.165) is 19.3 Å². The number of rotatable bonds is 11. The van der Waals surface area contributed by atoms with E-state index in [2.05, 4.69) is 21.3 Å². The molecule has 5 fully saturated rings. The van der Waals surface area contributed by atoms with Crippen LogP contribution in [0.1, 0.15) is 72.6 Å². The zero-order valence-electron chi connectivity index (χ0n) is 22.8. The summed E-state index contributed by atoms with van der Waals surface area (Å²) in [5, 5.41) is 10.9. The third-order valence-corrected chi connectivity index (χ3v) is 8.54. The first-order chi connectivity index (χ1) is 17.9. The average molecular weight is 532 g/mol. The van der Waals surface area contributed by atoms with Crippen molar-refractivity contribution in [3.63, 3.8) is 0 Å². The average Bonchev–Trinajstić information content (AvgIpc) is 3.42. The van der Waals surface area contributed by atoms with Crippen LogP contribution in [0, 0.1) is 23.2 Å². The topological polar surface area (TPSA) is 154 Å². The lowest BCUT2D eigenvalue weighted by molar-refractivity contribution is -0.167. The monoisotopic (exact) mass is 531 g/mol. The van der Waals surface area contributed by atoms with E-state index in [9.17, 15) is 28.8 Å². The second-order valence-electron chi connectivity index (χ2n) is 12.2. The van der Waals surface area contributed by atoms with E-state index in [1.54, 1.807) is 13.8 Å². The van der Waals surface area contributed by atoms with Crippen molar-refractivity contribution in [1.82, 2.24) is 26.2 Å². The molecule has 0 aromatic rings. The number of likely N-dealkylation sites (tertiary alicyclic amines) is 1. The standard InChI is InChI=1S/C27H41N5O6/c1-14(2)20(31-26(38)27-11-16(12-27)13-27)25(37)32-9-5-6-19(32)23(35)30-18(10-17-7-8-28-22(17)34)21(33)24(36)29-15(3)4/h14-20H,5-13H2,1-4H3,(H,28,34)(H,29,36)(H,30,35)(H,31,38)/t16?,17-,18-,19-,20+,27?/m0/s1. The van der Waals surface area contributed by atoms with Crippen molar-refractivity contribution in [3.05, 3.63) is 0 Å². The lowest BCUT2D eigenvalue weighted by atomic mass is 9.44. The Balaban J connectivity index is 1.44. The van der Waals surface area contributed by atoms with Gasteiger partial charge in [-0.05, 0) is 70.6 Å². The van der Waals surface area contributed by atoms with Crippen molar-refractivity contribution < 1.29 is 28.8 Å². The minimum atomic E-state index is -1.18. The van der Waals surface area contributed by atoms with E-state index in [0.29, 0.717) is 38.3 Å². The van der Waals surface area contributed by atoms with Crippen LogP contribution in [0.25, 0.3) is 0 Å². The Hall–Kier alpha value is -2.98. The Bertz CT molecular complexity index is 993. The van der Waals surface area contributed by atoms with Gasteiger partial charge in [-0.3, -0.25) is 28.8 Å². The Kier molecular flexibility index (Phi) is 8.13. The normalized spacial score (nSPS) is 29.2. The van der Waals surface area contributed by atoms with Gasteiger partial charge < -0.3 is 26.2 Å². The van der Waals surface area contributed by atoms with Gasteiger partial charge in [-0.2, -0.15) is 0 Å². The maximum absolute atomic E-state index is 13.6. The molecule has 11 nitrogen and oxygen atoms in total. The van der Waals surface area contributed by atoms with Crippen molar-refractivity contribution in [2.75, 3.05) is 13.1 Å². The van der Waals surface area contributed by atoms with E-state index in [4.69, 9.17) is 0 Å². The fourth-order valence-electron chi connectivity index (χ4n) is 6.19. The maximum Gasteiger partial charge on any atom is 0.289 e. The molecule has 5 aliphatic rings. The quantitative estimate of drug-likeness (QED) is 0.276. The van der Waals surface area contributed by atoms with Crippen LogP contribution in [-0.2, 0) is 28.8 Å². The molecule has 3 saturated carbocycles. The Morgan fingerprint density at radius 1 is 1.00 bits per heavy atom. The molecule has 0 unspecified atom stereocenters. The predicted molar refractivity (Wildman–Crippen MR) is 137 cm³/mol. The molecule has 4 N–H and O–H groups in total. The molecule has 0 aromatic carbocycles. The highest BCUT2D eigenvalue weighted by Gasteiger charge is 2.61. The fraction of sp³-hybridized carbons (Fsp3) is 0.778. The summed E-state index contributed by atoms with van der Waals surface area (Å²) in [6.07, 6.45) is 4.17. The molecule has 4 atom stereocenters. The number of Topliss-reactive ketones (excluding diaryl/α,β-unsaturated/α-hetero) is 1. The molecule has 2 bridgehead atoms. The van der Waals surface area contributed by atoms with E-state index in [1.807, 2.05) is 13.8 Å². The summed E-state index contributed by atoms with van der Waals surface area (Å²) >= 11 is 0. The summed E-state index contributed by atoms with van der Waals surface area (Å²) in [7, 11) is 0. The van der Waals surface area contributed by atoms with Gasteiger partial charge >= 0.3 is 0 Å². The van der Waals surface area contributed by atoms with Crippen molar-refractivity contribution in [2.45, 2.75) is 96.8 Å². The highest BCUT2D eigenvalue weighted by atomic mass is 16.2. The largest absolute Gasteiger partial charge is 0.356 e. The number of hydrogen-bond acceptors (Lipinski definition) is 6. The number of nitrogens with zero attached hydrogens (tertiary/aromatic N) is 1. The molecule has 5 amide bonds. The van der Waals surface area contributed by atoms with Crippen LogP contribution >= 0.6 is 0 Å². The third kappa shape index (κ3) is 5.56. The highest BCUT2D eigenvalue weighted by Crippen LogP contribution is 2.64. The lowest BCUT2D eigenvalue weighted by Crippen LogP contribution is -2.64. The van der Waals surface area contributed by atoms with Crippen LogP contribution in [0.15, 0.2) is 0 Å². The molecule has 0 aromatic heterocycles. The Morgan fingerprint density at radius 2 is 1.68 bits per heavy atom. The SMILES string of the molecule is CC(C)NC(=O)C(=O)[C@H](C[C@@H]1CCNC1=O)NC(=O)[C@@H]1CCCN1C(=O)[C@H](NC(=O)C12CC(C1)C2)C(C)C. The first-order valence-corrected chi connectivity index (χ1v) is 14.0. The molecule has 5 rings (SSSR count). The van der Waals surface area contributed by atoms with E-state index in [1.165, 1.54) is 4.90 Å². The van der Waals surface area contributed by atoms with Crippen LogP contribution in [-0.4, -0.2) is 77.5 Å². The van der Waals surface area contributed by atoms with Crippen molar-refractivity contribution >= 4 is 35.3 Å². The van der Waals surface area contributed by atoms with E-state index in [-0.39, 0.29) is 41.5 Å². The number of nitrogens with one attached hydrogen (secondary N) is 4. The van der Waals surface area contributed by atoms with Crippen LogP contribution in [0.3, 0.4) is 0 Å². The van der Waals surface area contributed by atoms with Crippen LogP contribution in [0.5, 0.6) is 0 Å². The summed E-state index contributed by atoms with van der Waals surface area (Å²) in [6, 6.07) is -3.02. The molecule has 11 heteroatoms. The van der Waals surface area contributed by atoms with E-state index < -0.39 is 41.6 Å². The van der Waals surface area contributed by atoms with Crippen LogP contribution in [0.4, 0.5) is 0 Å². The number of carbonyl (C=O) groups excluding carboxylic acids is 6. The molecule has 3 aliphatic carbocycles. The first kappa shape index (κ1) is 28.0. The van der Waals surface area contributed by atoms with Gasteiger partial charge in [0.15, 0.2) is 0 Å². The molecule has 38 heavy (non-hydrogen) atoms. The molecule has 0 spiro atoms. The van der Waals surface area contributed by atoms with Crippen LogP contribution in [0.2, 0.25) is 0 Å². The van der Waals surface area contributed by atoms with Crippen molar-refractivity contribution in [2.24, 2.45) is 23.2 Å². The molecule has 2 aliphatic heterocycles. The maximum atomic E-state index is 13.6. The molecule has 2 saturated heterocycles. The number of amides is 5. The van der Waals surface area contributed by atoms with Gasteiger partial charge in [0.1, 0.15) is 12.1 Å². The Labute approximate surface area is 223 Å². The van der Waals surface area contributed by atoms with Gasteiger partial charge in [0.05, 0.1) is 6.04 Å². The predicted octanol–water partition coefficient (Wildman–Crippen LogP) is 0.0230. The summed E-state index contributed by atoms with van der Waals surface area (Å²) in [4.78, 5) is 79.1. The minimum absolute atomic E-state index is 0.0103. The van der Waals surface area contributed by atoms with Gasteiger partial charge in [-0.25, -0.2) is 0 Å². The summed E-state index contributed by atoms with van der Waals surface area (Å²) in [6.45, 7) is 8.02. The third-order valence-electron chi connectivity index (χ3n) is 8.54. The first-order valence-electron chi connectivity index (χ1n) is 14.0. The van der Waals surface area contributed by atoms with Gasteiger partial charge in [0.2, 0.25) is 29.4 Å². The molecular weight excluding hydrogens is 490 g/mol. The highest BCUT2D eigenvalue weighted by molar-refractivity contribution is 6.38. The number of ketones is 1. The Morgan fingerprint density at radius 3 is 2.21 bits per heavy atom. The van der Waals surface area contributed by atoms with Gasteiger partial charge in [-0.1, -0.05) is 13.8 Å². The second kappa shape index (κ2) is 11.0. The fourth-order valence-corrected chi connectivity index (χ4v) is 6.19. The zero-order valence-corrected chi connectivity index (χ0v) is 22.8. The van der Waals surface area contributed by atoms with Gasteiger partial charge in [-0.15, -0.1) is 0 Å². The van der Waals surface area contributed by atoms with Crippen molar-refractivity contribution in [1.29, 1.82) is 0 Å². The summed E-state index contributed by atoms with van der Waals surface area (Å²) in [5.41, 5.74) is -0.323. The smallest absolute Gasteiger partial charge is 0.289 e. The minimum Gasteiger partial charge on any atom is -0.356 e. The summed E-state index contributed by atoms with van der Waals surface area (Å²) in [5.74, 6) is -2.79. The second-order valence-corrected chi connectivity index (χ2v) is 12.2. The number of carbonyl (C=O) groups is 6. The van der Waals surface area contributed by atoms with Gasteiger partial charge in [0.25, 0.3) is 5.91 Å². The molecule has 2 heterocycles. The zero-order chi connectivity index (χ0) is 27.8. The molecule has 210 valence electrons. The van der Waals surface area contributed by atoms with Crippen LogP contribution < -0.4 is 21.3 Å². The molecule has 0 radical (unpaired) electrons. The molecular formula is C27H41N5O6. The summed E-state index contributed by atoms with van der Waals surface area (Å²) < 4.78 is 0. The number of hydrogen-bond donors (Lipinski definition) is 4. The van der Waals surface area contributed by atoms with Gasteiger partial charge in [0, 0.05) is 30.5 Å². The van der Waals surface area contributed by atoms with E-state index >= 15 is 0 Å². The lowest BCUT2D eigenvalue weighted by Gasteiger charge is -2.60.